The van der Waals surface area contributed by atoms with Crippen LogP contribution in [0.5, 0.6) is 0 Å². The highest BCUT2D eigenvalue weighted by Crippen LogP contribution is 2.37. The number of nitrogens with one attached hydrogen (secondary N) is 1. The Morgan fingerprint density at radius 1 is 1.22 bits per heavy atom. The van der Waals surface area contributed by atoms with E-state index in [2.05, 4.69) is 10.4 Å². The van der Waals surface area contributed by atoms with Gasteiger partial charge in [0.2, 0.25) is 17.7 Å². The highest BCUT2D eigenvalue weighted by molar-refractivity contribution is 7.13. The number of hydrogen-bond acceptors (Lipinski definition) is 6. The first-order valence-corrected chi connectivity index (χ1v) is 9.75. The minimum atomic E-state index is -0.424. The van der Waals surface area contributed by atoms with E-state index in [4.69, 9.17) is 0 Å². The molecular formula is C17H19N5O4S. The van der Waals surface area contributed by atoms with Crippen molar-refractivity contribution in [3.8, 4) is 10.7 Å². The summed E-state index contributed by atoms with van der Waals surface area (Å²) in [5.74, 6) is -0.408. The molecule has 0 spiro atoms. The van der Waals surface area contributed by atoms with Crippen molar-refractivity contribution in [3.05, 3.63) is 28.0 Å². The molecule has 0 bridgehead atoms. The van der Waals surface area contributed by atoms with Crippen LogP contribution in [0.2, 0.25) is 0 Å². The maximum Gasteiger partial charge on any atom is 0.346 e. The van der Waals surface area contributed by atoms with E-state index in [1.165, 1.54) is 16.0 Å². The summed E-state index contributed by atoms with van der Waals surface area (Å²) in [5.41, 5.74) is -0.181. The first-order chi connectivity index (χ1) is 13.0. The predicted molar refractivity (Wildman–Crippen MR) is 97.0 cm³/mol. The van der Waals surface area contributed by atoms with Gasteiger partial charge in [-0.05, 0) is 24.3 Å². The summed E-state index contributed by atoms with van der Waals surface area (Å²) in [7, 11) is 0. The van der Waals surface area contributed by atoms with Gasteiger partial charge in [-0.1, -0.05) is 6.07 Å². The molecule has 2 aliphatic rings. The van der Waals surface area contributed by atoms with E-state index in [0.717, 1.165) is 22.6 Å². The molecule has 9 nitrogen and oxygen atoms in total. The molecule has 2 fully saturated rings. The number of nitrogens with zero attached hydrogens (tertiary/aromatic N) is 4. The van der Waals surface area contributed by atoms with E-state index in [-0.39, 0.29) is 56.0 Å². The van der Waals surface area contributed by atoms with Crippen molar-refractivity contribution in [2.24, 2.45) is 0 Å². The van der Waals surface area contributed by atoms with Crippen LogP contribution in [0.3, 0.4) is 0 Å². The van der Waals surface area contributed by atoms with E-state index < -0.39 is 5.91 Å². The smallest absolute Gasteiger partial charge is 0.346 e. The maximum absolute atomic E-state index is 12.7. The Labute approximate surface area is 158 Å². The molecule has 2 aromatic heterocycles. The number of thiophene rings is 1. The summed E-state index contributed by atoms with van der Waals surface area (Å²) in [4.78, 5) is 49.6. The lowest BCUT2D eigenvalue weighted by Gasteiger charge is -2.13. The Morgan fingerprint density at radius 3 is 2.59 bits per heavy atom. The van der Waals surface area contributed by atoms with Crippen molar-refractivity contribution >= 4 is 29.1 Å². The quantitative estimate of drug-likeness (QED) is 0.689. The molecule has 27 heavy (non-hydrogen) atoms. The van der Waals surface area contributed by atoms with Crippen molar-refractivity contribution in [2.45, 2.75) is 38.3 Å². The average Bonchev–Trinajstić information content (AvgIpc) is 3.08. The van der Waals surface area contributed by atoms with Crippen LogP contribution in [0.15, 0.2) is 22.3 Å². The summed E-state index contributed by atoms with van der Waals surface area (Å²) in [6.07, 6.45) is 2.26. The van der Waals surface area contributed by atoms with Crippen molar-refractivity contribution in [1.29, 1.82) is 0 Å². The fourth-order valence-electron chi connectivity index (χ4n) is 3.10. The fourth-order valence-corrected chi connectivity index (χ4v) is 3.81. The van der Waals surface area contributed by atoms with Crippen molar-refractivity contribution in [3.63, 3.8) is 0 Å². The largest absolute Gasteiger partial charge is 0.353 e. The molecule has 1 saturated carbocycles. The zero-order valence-corrected chi connectivity index (χ0v) is 15.4. The molecule has 3 heterocycles. The number of carbonyl (C=O) groups excluding carboxylic acids is 3. The van der Waals surface area contributed by atoms with Gasteiger partial charge in [0.15, 0.2) is 5.82 Å². The van der Waals surface area contributed by atoms with Gasteiger partial charge >= 0.3 is 5.69 Å². The van der Waals surface area contributed by atoms with Gasteiger partial charge in [-0.2, -0.15) is 0 Å². The molecule has 3 amide bonds. The van der Waals surface area contributed by atoms with Crippen LogP contribution < -0.4 is 11.0 Å². The summed E-state index contributed by atoms with van der Waals surface area (Å²) in [6, 6.07) is 4.05. The second-order valence-corrected chi connectivity index (χ2v) is 7.58. The van der Waals surface area contributed by atoms with E-state index in [0.29, 0.717) is 5.82 Å². The molecule has 1 N–H and O–H groups in total. The monoisotopic (exact) mass is 389 g/mol. The molecule has 1 saturated heterocycles. The van der Waals surface area contributed by atoms with Gasteiger partial charge in [0.05, 0.1) is 11.4 Å². The normalized spacial score (nSPS) is 17.0. The highest BCUT2D eigenvalue weighted by atomic mass is 32.1. The second kappa shape index (κ2) is 7.10. The molecule has 2 aromatic rings. The Bertz CT molecular complexity index is 925. The molecule has 0 atom stereocenters. The lowest BCUT2D eigenvalue weighted by Crippen LogP contribution is -2.41. The van der Waals surface area contributed by atoms with E-state index in [1.54, 1.807) is 4.57 Å². The van der Waals surface area contributed by atoms with Crippen molar-refractivity contribution < 1.29 is 14.4 Å². The molecule has 10 heteroatoms. The zero-order chi connectivity index (χ0) is 19.0. The van der Waals surface area contributed by atoms with Gasteiger partial charge in [0.25, 0.3) is 0 Å². The Hall–Kier alpha value is -2.75. The minimum Gasteiger partial charge on any atom is -0.353 e. The number of likely N-dealkylation sites (tertiary alicyclic amines) is 1. The topological polar surface area (TPSA) is 106 Å². The first kappa shape index (κ1) is 17.7. The maximum atomic E-state index is 12.7. The summed E-state index contributed by atoms with van der Waals surface area (Å²) < 4.78 is 3.09. The van der Waals surface area contributed by atoms with Gasteiger partial charge in [0, 0.05) is 25.4 Å². The van der Waals surface area contributed by atoms with Gasteiger partial charge < -0.3 is 5.32 Å². The van der Waals surface area contributed by atoms with E-state index in [1.807, 2.05) is 17.5 Å². The van der Waals surface area contributed by atoms with Crippen LogP contribution in [-0.4, -0.2) is 50.1 Å². The van der Waals surface area contributed by atoms with Gasteiger partial charge in [-0.25, -0.2) is 9.48 Å². The molecule has 0 radical (unpaired) electrons. The molecule has 0 aromatic carbocycles. The number of aromatic nitrogens is 3. The third kappa shape index (κ3) is 3.57. The van der Waals surface area contributed by atoms with Crippen LogP contribution >= 0.6 is 11.3 Å². The number of amides is 3. The average molecular weight is 389 g/mol. The van der Waals surface area contributed by atoms with Crippen LogP contribution in [0.4, 0.5) is 0 Å². The summed E-state index contributed by atoms with van der Waals surface area (Å²) >= 11 is 1.53. The van der Waals surface area contributed by atoms with Crippen LogP contribution in [0.25, 0.3) is 10.7 Å². The lowest BCUT2D eigenvalue weighted by molar-refractivity contribution is -0.142. The number of rotatable bonds is 7. The molecular weight excluding hydrogens is 370 g/mol. The fraction of sp³-hybridized carbons (Fsp3) is 0.471. The van der Waals surface area contributed by atoms with Crippen LogP contribution in [-0.2, 0) is 20.9 Å². The third-order valence-corrected chi connectivity index (χ3v) is 5.49. The van der Waals surface area contributed by atoms with Crippen molar-refractivity contribution in [1.82, 2.24) is 24.6 Å². The second-order valence-electron chi connectivity index (χ2n) is 6.63. The number of imide groups is 1. The first-order valence-electron chi connectivity index (χ1n) is 8.87. The standard InChI is InChI=1S/C17H19N5O4S/c23-13(10-20-14(24)5-6-15(20)25)18-7-8-21-17(26)22(11-3-4-11)16(19-21)12-2-1-9-27-12/h1-2,9,11H,3-8,10H2,(H,18,23). The van der Waals surface area contributed by atoms with Crippen LogP contribution in [0.1, 0.15) is 31.7 Å². The Morgan fingerprint density at radius 2 is 1.96 bits per heavy atom. The van der Waals surface area contributed by atoms with Crippen LogP contribution in [0, 0.1) is 0 Å². The third-order valence-electron chi connectivity index (χ3n) is 4.63. The molecule has 4 rings (SSSR count). The zero-order valence-electron chi connectivity index (χ0n) is 14.6. The van der Waals surface area contributed by atoms with E-state index in [9.17, 15) is 19.2 Å². The molecule has 142 valence electrons. The lowest BCUT2D eigenvalue weighted by atomic mass is 10.4. The Kier molecular flexibility index (Phi) is 4.65. The minimum absolute atomic E-state index is 0.158. The molecule has 1 aliphatic heterocycles. The number of hydrogen-bond donors (Lipinski definition) is 1. The summed E-state index contributed by atoms with van der Waals surface area (Å²) in [5, 5.41) is 9.03. The van der Waals surface area contributed by atoms with Gasteiger partial charge in [-0.15, -0.1) is 16.4 Å². The van der Waals surface area contributed by atoms with Gasteiger partial charge in [0.1, 0.15) is 6.54 Å². The highest BCUT2D eigenvalue weighted by Gasteiger charge is 2.31. The molecule has 1 aliphatic carbocycles. The van der Waals surface area contributed by atoms with Gasteiger partial charge in [-0.3, -0.25) is 23.9 Å². The summed E-state index contributed by atoms with van der Waals surface area (Å²) in [6.45, 7) is 0.147. The SMILES string of the molecule is O=C(CN1C(=O)CCC1=O)NCCn1nc(-c2cccs2)n(C2CC2)c1=O. The van der Waals surface area contributed by atoms with Crippen molar-refractivity contribution in [2.75, 3.05) is 13.1 Å². The Balaban J connectivity index is 1.39. The predicted octanol–water partition coefficient (Wildman–Crippen LogP) is 0.373. The van der Waals surface area contributed by atoms with E-state index >= 15 is 0 Å². The number of carbonyl (C=O) groups is 3. The molecule has 0 unspecified atom stereocenters.